The van der Waals surface area contributed by atoms with Crippen molar-refractivity contribution in [3.8, 4) is 0 Å². The maximum absolute atomic E-state index is 3.62. The van der Waals surface area contributed by atoms with Crippen molar-refractivity contribution in [1.82, 2.24) is 10.2 Å². The highest BCUT2D eigenvalue weighted by atomic mass is 32.1. The molecule has 1 saturated heterocycles. The molecule has 0 aromatic carbocycles. The predicted molar refractivity (Wildman–Crippen MR) is 75.8 cm³/mol. The summed E-state index contributed by atoms with van der Waals surface area (Å²) < 4.78 is 0. The number of piperazine rings is 1. The van der Waals surface area contributed by atoms with E-state index >= 15 is 0 Å². The van der Waals surface area contributed by atoms with Gasteiger partial charge in [0.2, 0.25) is 0 Å². The van der Waals surface area contributed by atoms with E-state index in [0.717, 1.165) is 6.54 Å². The molecule has 0 spiro atoms. The molecule has 2 atom stereocenters. The molecule has 0 amide bonds. The zero-order chi connectivity index (χ0) is 12.1. The normalized spacial score (nSPS) is 23.8. The van der Waals surface area contributed by atoms with Crippen LogP contribution in [0.4, 0.5) is 0 Å². The van der Waals surface area contributed by atoms with Gasteiger partial charge in [-0.05, 0) is 31.2 Å². The summed E-state index contributed by atoms with van der Waals surface area (Å²) in [7, 11) is 0. The maximum atomic E-state index is 3.62. The lowest BCUT2D eigenvalue weighted by atomic mass is 10.1. The van der Waals surface area contributed by atoms with Gasteiger partial charge in [-0.15, -0.1) is 11.3 Å². The van der Waals surface area contributed by atoms with Crippen LogP contribution in [0.1, 0.15) is 31.6 Å². The molecule has 0 saturated carbocycles. The number of hydrogen-bond donors (Lipinski definition) is 1. The fourth-order valence-corrected chi connectivity index (χ4v) is 3.47. The average molecular weight is 252 g/mol. The van der Waals surface area contributed by atoms with Gasteiger partial charge < -0.3 is 5.32 Å². The van der Waals surface area contributed by atoms with Gasteiger partial charge in [-0.3, -0.25) is 4.90 Å². The van der Waals surface area contributed by atoms with Crippen LogP contribution >= 0.6 is 11.3 Å². The molecule has 17 heavy (non-hydrogen) atoms. The topological polar surface area (TPSA) is 15.3 Å². The third kappa shape index (κ3) is 3.80. The van der Waals surface area contributed by atoms with E-state index in [9.17, 15) is 0 Å². The molecule has 1 aromatic rings. The first-order valence-electron chi connectivity index (χ1n) is 6.79. The molecule has 0 radical (unpaired) electrons. The van der Waals surface area contributed by atoms with Crippen LogP contribution in [-0.2, 0) is 6.42 Å². The second kappa shape index (κ2) is 6.53. The van der Waals surface area contributed by atoms with Gasteiger partial charge >= 0.3 is 0 Å². The van der Waals surface area contributed by atoms with Crippen LogP contribution in [0.5, 0.6) is 0 Å². The summed E-state index contributed by atoms with van der Waals surface area (Å²) in [5.41, 5.74) is 0. The van der Waals surface area contributed by atoms with Crippen LogP contribution in [0.3, 0.4) is 0 Å². The second-order valence-electron chi connectivity index (χ2n) is 5.07. The third-order valence-electron chi connectivity index (χ3n) is 3.62. The Balaban J connectivity index is 1.84. The maximum Gasteiger partial charge on any atom is 0.0195 e. The van der Waals surface area contributed by atoms with E-state index < -0.39 is 0 Å². The third-order valence-corrected chi connectivity index (χ3v) is 4.52. The molecule has 0 bridgehead atoms. The molecule has 2 nitrogen and oxygen atoms in total. The Bertz CT molecular complexity index is 308. The molecule has 96 valence electrons. The molecule has 0 aliphatic carbocycles. The summed E-state index contributed by atoms with van der Waals surface area (Å²) in [4.78, 5) is 4.17. The van der Waals surface area contributed by atoms with Gasteiger partial charge in [-0.1, -0.05) is 19.4 Å². The average Bonchev–Trinajstić information content (AvgIpc) is 2.83. The number of nitrogens with one attached hydrogen (secondary N) is 1. The summed E-state index contributed by atoms with van der Waals surface area (Å²) in [6.07, 6.45) is 3.80. The lowest BCUT2D eigenvalue weighted by Crippen LogP contribution is -2.53. The summed E-state index contributed by atoms with van der Waals surface area (Å²) >= 11 is 1.88. The highest BCUT2D eigenvalue weighted by molar-refractivity contribution is 7.09. The van der Waals surface area contributed by atoms with E-state index in [2.05, 4.69) is 41.6 Å². The fraction of sp³-hybridized carbons (Fsp3) is 0.714. The molecule has 3 heteroatoms. The van der Waals surface area contributed by atoms with Crippen molar-refractivity contribution in [3.63, 3.8) is 0 Å². The van der Waals surface area contributed by atoms with Crippen LogP contribution in [-0.4, -0.2) is 36.6 Å². The van der Waals surface area contributed by atoms with Crippen molar-refractivity contribution >= 4 is 11.3 Å². The molecular formula is C14H24N2S. The van der Waals surface area contributed by atoms with E-state index in [1.165, 1.54) is 37.2 Å². The van der Waals surface area contributed by atoms with E-state index in [-0.39, 0.29) is 0 Å². The van der Waals surface area contributed by atoms with Gasteiger partial charge in [0, 0.05) is 36.6 Å². The minimum Gasteiger partial charge on any atom is -0.311 e. The predicted octanol–water partition coefficient (Wildman–Crippen LogP) is 2.75. The highest BCUT2D eigenvalue weighted by Gasteiger charge is 2.22. The number of hydrogen-bond acceptors (Lipinski definition) is 3. The van der Waals surface area contributed by atoms with Gasteiger partial charge in [0.05, 0.1) is 0 Å². The Kier molecular flexibility index (Phi) is 5.01. The number of rotatable bonds is 5. The van der Waals surface area contributed by atoms with Crippen LogP contribution in [0.2, 0.25) is 0 Å². The monoisotopic (exact) mass is 252 g/mol. The second-order valence-corrected chi connectivity index (χ2v) is 6.10. The van der Waals surface area contributed by atoms with E-state index in [1.54, 1.807) is 0 Å². The number of thiophene rings is 1. The van der Waals surface area contributed by atoms with Gasteiger partial charge in [0.15, 0.2) is 0 Å². The SMILES string of the molecule is CCCC1CN(C(C)Cc2cccs2)CCN1. The zero-order valence-electron chi connectivity index (χ0n) is 11.0. The van der Waals surface area contributed by atoms with E-state index in [1.807, 2.05) is 11.3 Å². The molecular weight excluding hydrogens is 228 g/mol. The van der Waals surface area contributed by atoms with Crippen molar-refractivity contribution in [2.45, 2.75) is 45.2 Å². The molecule has 2 unspecified atom stereocenters. The van der Waals surface area contributed by atoms with Crippen molar-refractivity contribution < 1.29 is 0 Å². The quantitative estimate of drug-likeness (QED) is 0.867. The Morgan fingerprint density at radius 1 is 1.59 bits per heavy atom. The van der Waals surface area contributed by atoms with Crippen molar-refractivity contribution in [2.75, 3.05) is 19.6 Å². The molecule has 1 N–H and O–H groups in total. The Morgan fingerprint density at radius 3 is 3.18 bits per heavy atom. The summed E-state index contributed by atoms with van der Waals surface area (Å²) in [6.45, 7) is 8.22. The van der Waals surface area contributed by atoms with Crippen molar-refractivity contribution in [3.05, 3.63) is 22.4 Å². The van der Waals surface area contributed by atoms with E-state index in [4.69, 9.17) is 0 Å². The minimum absolute atomic E-state index is 0.676. The van der Waals surface area contributed by atoms with E-state index in [0.29, 0.717) is 12.1 Å². The number of nitrogens with zero attached hydrogens (tertiary/aromatic N) is 1. The zero-order valence-corrected chi connectivity index (χ0v) is 11.8. The summed E-state index contributed by atoms with van der Waals surface area (Å²) in [5, 5.41) is 5.80. The molecule has 2 rings (SSSR count). The molecule has 1 aromatic heterocycles. The van der Waals surface area contributed by atoms with Crippen molar-refractivity contribution in [2.24, 2.45) is 0 Å². The largest absolute Gasteiger partial charge is 0.311 e. The van der Waals surface area contributed by atoms with Gasteiger partial charge in [0.1, 0.15) is 0 Å². The van der Waals surface area contributed by atoms with Crippen molar-refractivity contribution in [1.29, 1.82) is 0 Å². The Hall–Kier alpha value is -0.380. The van der Waals surface area contributed by atoms with Crippen LogP contribution in [0, 0.1) is 0 Å². The Morgan fingerprint density at radius 2 is 2.47 bits per heavy atom. The van der Waals surface area contributed by atoms with Crippen LogP contribution in [0.25, 0.3) is 0 Å². The smallest absolute Gasteiger partial charge is 0.0195 e. The molecule has 1 aliphatic heterocycles. The van der Waals surface area contributed by atoms with Crippen LogP contribution < -0.4 is 5.32 Å². The summed E-state index contributed by atoms with van der Waals surface area (Å²) in [6, 6.07) is 5.80. The lowest BCUT2D eigenvalue weighted by molar-refractivity contribution is 0.148. The minimum atomic E-state index is 0.676. The lowest BCUT2D eigenvalue weighted by Gasteiger charge is -2.37. The molecule has 2 heterocycles. The highest BCUT2D eigenvalue weighted by Crippen LogP contribution is 2.16. The van der Waals surface area contributed by atoms with Gasteiger partial charge in [-0.2, -0.15) is 0 Å². The first-order valence-corrected chi connectivity index (χ1v) is 7.67. The fourth-order valence-electron chi connectivity index (χ4n) is 2.64. The van der Waals surface area contributed by atoms with Crippen LogP contribution in [0.15, 0.2) is 17.5 Å². The molecule has 1 fully saturated rings. The standard InChI is InChI=1S/C14H24N2S/c1-3-5-13-11-16(8-7-15-13)12(2)10-14-6-4-9-17-14/h4,6,9,12-13,15H,3,5,7-8,10-11H2,1-2H3. The summed E-state index contributed by atoms with van der Waals surface area (Å²) in [5.74, 6) is 0. The van der Waals surface area contributed by atoms with Gasteiger partial charge in [0.25, 0.3) is 0 Å². The van der Waals surface area contributed by atoms with Gasteiger partial charge in [-0.25, -0.2) is 0 Å². The Labute approximate surface area is 109 Å². The first kappa shape index (κ1) is 13.1. The molecule has 1 aliphatic rings. The first-order chi connectivity index (χ1) is 8.29.